The van der Waals surface area contributed by atoms with Crippen LogP contribution >= 0.6 is 24.0 Å². The minimum atomic E-state index is -0.609. The Morgan fingerprint density at radius 2 is 2.10 bits per heavy atom. The van der Waals surface area contributed by atoms with Crippen LogP contribution in [-0.4, -0.2) is 24.2 Å². The molecule has 6 heteroatoms. The molecule has 4 nitrogen and oxygen atoms in total. The summed E-state index contributed by atoms with van der Waals surface area (Å²) in [4.78, 5) is 4.13. The van der Waals surface area contributed by atoms with E-state index in [0.29, 0.717) is 18.5 Å². The number of hydrogen-bond acceptors (Lipinski definition) is 2. The molecule has 0 fully saturated rings. The summed E-state index contributed by atoms with van der Waals surface area (Å²) in [5.74, 6) is -0.243. The van der Waals surface area contributed by atoms with E-state index in [0.717, 1.165) is 18.4 Å². The molecule has 0 unspecified atom stereocenters. The Morgan fingerprint density at radius 3 is 2.70 bits per heavy atom. The van der Waals surface area contributed by atoms with Crippen LogP contribution in [-0.2, 0) is 6.54 Å². The number of phenolic OH excluding ortho intramolecular Hbond substituents is 1. The molecule has 0 spiro atoms. The van der Waals surface area contributed by atoms with Gasteiger partial charge >= 0.3 is 0 Å². The van der Waals surface area contributed by atoms with Gasteiger partial charge in [0, 0.05) is 19.6 Å². The van der Waals surface area contributed by atoms with Crippen LogP contribution in [0, 0.1) is 5.82 Å². The van der Waals surface area contributed by atoms with Gasteiger partial charge in [0.05, 0.1) is 0 Å². The average molecular weight is 391 g/mol. The highest BCUT2D eigenvalue weighted by Crippen LogP contribution is 2.16. The van der Waals surface area contributed by atoms with Gasteiger partial charge in [0.1, 0.15) is 0 Å². The zero-order valence-corrected chi connectivity index (χ0v) is 13.6. The summed E-state index contributed by atoms with van der Waals surface area (Å²) in [6.45, 7) is 0.455. The van der Waals surface area contributed by atoms with Crippen molar-refractivity contribution in [3.63, 3.8) is 0 Å². The van der Waals surface area contributed by atoms with Gasteiger partial charge in [-0.25, -0.2) is 4.39 Å². The first-order valence-electron chi connectivity index (χ1n) is 6.28. The van der Waals surface area contributed by atoms with Crippen molar-refractivity contribution in [3.8, 4) is 5.75 Å². The summed E-state index contributed by atoms with van der Waals surface area (Å²) in [5, 5.41) is 15.5. The molecule has 0 saturated heterocycles. The van der Waals surface area contributed by atoms with E-state index in [1.54, 1.807) is 13.1 Å². The van der Waals surface area contributed by atoms with Gasteiger partial charge in [0.25, 0.3) is 0 Å². The maximum atomic E-state index is 13.2. The first kappa shape index (κ1) is 16.7. The highest BCUT2D eigenvalue weighted by Gasteiger charge is 2.11. The fourth-order valence-electron chi connectivity index (χ4n) is 1.97. The van der Waals surface area contributed by atoms with Gasteiger partial charge in [-0.05, 0) is 30.5 Å². The van der Waals surface area contributed by atoms with Gasteiger partial charge in [0.15, 0.2) is 17.5 Å². The van der Waals surface area contributed by atoms with E-state index < -0.39 is 5.82 Å². The average Bonchev–Trinajstić information content (AvgIpc) is 2.91. The highest BCUT2D eigenvalue weighted by atomic mass is 127. The van der Waals surface area contributed by atoms with Crippen LogP contribution in [0.2, 0.25) is 0 Å². The number of guanidine groups is 1. The highest BCUT2D eigenvalue weighted by molar-refractivity contribution is 14.0. The van der Waals surface area contributed by atoms with Gasteiger partial charge in [-0.15, -0.1) is 24.0 Å². The molecule has 0 heterocycles. The van der Waals surface area contributed by atoms with Crippen molar-refractivity contribution in [2.75, 3.05) is 7.05 Å². The third kappa shape index (κ3) is 4.66. The summed E-state index contributed by atoms with van der Waals surface area (Å²) < 4.78 is 13.2. The van der Waals surface area contributed by atoms with Crippen molar-refractivity contribution < 1.29 is 9.50 Å². The van der Waals surface area contributed by atoms with Crippen LogP contribution in [0.3, 0.4) is 0 Å². The molecule has 1 aliphatic rings. The Labute approximate surface area is 135 Å². The van der Waals surface area contributed by atoms with Gasteiger partial charge < -0.3 is 15.7 Å². The van der Waals surface area contributed by atoms with Gasteiger partial charge in [-0.3, -0.25) is 4.99 Å². The molecule has 0 amide bonds. The molecule has 0 bridgehead atoms. The summed E-state index contributed by atoms with van der Waals surface area (Å²) in [7, 11) is 1.70. The first-order chi connectivity index (χ1) is 9.19. The van der Waals surface area contributed by atoms with E-state index in [4.69, 9.17) is 5.11 Å². The summed E-state index contributed by atoms with van der Waals surface area (Å²) in [5.41, 5.74) is 0.753. The molecule has 0 aromatic heterocycles. The lowest BCUT2D eigenvalue weighted by molar-refractivity contribution is 0.431. The smallest absolute Gasteiger partial charge is 0.191 e. The third-order valence-corrected chi connectivity index (χ3v) is 3.04. The van der Waals surface area contributed by atoms with Crippen molar-refractivity contribution in [2.45, 2.75) is 25.4 Å². The van der Waals surface area contributed by atoms with E-state index >= 15 is 0 Å². The Kier molecular flexibility index (Phi) is 6.77. The van der Waals surface area contributed by atoms with Crippen LogP contribution in [0.1, 0.15) is 18.4 Å². The van der Waals surface area contributed by atoms with E-state index in [9.17, 15) is 4.39 Å². The Balaban J connectivity index is 0.00000200. The Morgan fingerprint density at radius 1 is 1.40 bits per heavy atom. The van der Waals surface area contributed by atoms with E-state index in [1.165, 1.54) is 12.1 Å². The zero-order valence-electron chi connectivity index (χ0n) is 11.3. The molecule has 0 atom stereocenters. The molecule has 3 N–H and O–H groups in total. The summed E-state index contributed by atoms with van der Waals surface area (Å²) >= 11 is 0. The monoisotopic (exact) mass is 391 g/mol. The SMILES string of the molecule is CN=C(NCc1ccc(O)c(F)c1)NC1CC=CC1.I. The maximum absolute atomic E-state index is 13.2. The first-order valence-corrected chi connectivity index (χ1v) is 6.28. The number of nitrogens with zero attached hydrogens (tertiary/aromatic N) is 1. The number of nitrogens with one attached hydrogen (secondary N) is 2. The molecule has 110 valence electrons. The molecule has 0 saturated carbocycles. The Hall–Kier alpha value is -1.31. The number of halogens is 2. The minimum absolute atomic E-state index is 0. The van der Waals surface area contributed by atoms with E-state index in [1.807, 2.05) is 0 Å². The van der Waals surface area contributed by atoms with Crippen molar-refractivity contribution in [1.82, 2.24) is 10.6 Å². The quantitative estimate of drug-likeness (QED) is 0.321. The molecule has 1 aromatic carbocycles. The number of aliphatic imine (C=N–C) groups is 1. The maximum Gasteiger partial charge on any atom is 0.191 e. The molecule has 0 aliphatic heterocycles. The number of aromatic hydroxyl groups is 1. The second-order valence-electron chi connectivity index (χ2n) is 4.50. The van der Waals surface area contributed by atoms with Crippen molar-refractivity contribution in [3.05, 3.63) is 41.7 Å². The molecular weight excluding hydrogens is 372 g/mol. The standard InChI is InChI=1S/C14H18FN3O.HI/c1-16-14(18-11-4-2-3-5-11)17-9-10-6-7-13(19)12(15)8-10;/h2-3,6-8,11,19H,4-5,9H2,1H3,(H2,16,17,18);1H. The van der Waals surface area contributed by atoms with Crippen molar-refractivity contribution in [1.29, 1.82) is 0 Å². The third-order valence-electron chi connectivity index (χ3n) is 3.04. The number of rotatable bonds is 3. The van der Waals surface area contributed by atoms with Gasteiger partial charge in [-0.1, -0.05) is 18.2 Å². The van der Waals surface area contributed by atoms with Crippen LogP contribution < -0.4 is 10.6 Å². The summed E-state index contributed by atoms with van der Waals surface area (Å²) in [6.07, 6.45) is 6.27. The van der Waals surface area contributed by atoms with Crippen LogP contribution in [0.25, 0.3) is 0 Å². The Bertz CT molecular complexity index is 497. The lowest BCUT2D eigenvalue weighted by Crippen LogP contribution is -2.42. The molecule has 1 aromatic rings. The second kappa shape index (κ2) is 8.08. The molecule has 2 rings (SSSR count). The van der Waals surface area contributed by atoms with E-state index in [2.05, 4.69) is 27.8 Å². The summed E-state index contributed by atoms with van der Waals surface area (Å²) in [6, 6.07) is 4.72. The largest absolute Gasteiger partial charge is 0.505 e. The van der Waals surface area contributed by atoms with Crippen molar-refractivity contribution >= 4 is 29.9 Å². The number of hydrogen-bond donors (Lipinski definition) is 3. The van der Waals surface area contributed by atoms with Crippen molar-refractivity contribution in [2.24, 2.45) is 4.99 Å². The molecule has 1 aliphatic carbocycles. The second-order valence-corrected chi connectivity index (χ2v) is 4.50. The fraction of sp³-hybridized carbons (Fsp3) is 0.357. The fourth-order valence-corrected chi connectivity index (χ4v) is 1.97. The molecule has 0 radical (unpaired) electrons. The lowest BCUT2D eigenvalue weighted by Gasteiger charge is -2.17. The minimum Gasteiger partial charge on any atom is -0.505 e. The van der Waals surface area contributed by atoms with Crippen LogP contribution in [0.15, 0.2) is 35.3 Å². The predicted octanol–water partition coefficient (Wildman–Crippen LogP) is 2.53. The number of phenols is 1. The normalized spacial score (nSPS) is 15.0. The predicted molar refractivity (Wildman–Crippen MR) is 89.0 cm³/mol. The lowest BCUT2D eigenvalue weighted by atomic mass is 10.2. The molecular formula is C14H19FIN3O. The number of benzene rings is 1. The van der Waals surface area contributed by atoms with Gasteiger partial charge in [-0.2, -0.15) is 0 Å². The van der Waals surface area contributed by atoms with E-state index in [-0.39, 0.29) is 29.7 Å². The van der Waals surface area contributed by atoms with Crippen LogP contribution in [0.5, 0.6) is 5.75 Å². The zero-order chi connectivity index (χ0) is 13.7. The van der Waals surface area contributed by atoms with Gasteiger partial charge in [0.2, 0.25) is 0 Å². The van der Waals surface area contributed by atoms with Crippen LogP contribution in [0.4, 0.5) is 4.39 Å². The topological polar surface area (TPSA) is 56.7 Å². The molecule has 20 heavy (non-hydrogen) atoms.